The third-order valence-electron chi connectivity index (χ3n) is 3.20. The highest BCUT2D eigenvalue weighted by atomic mass is 14.9. The Kier molecular flexibility index (Phi) is 4.76. The molecule has 0 amide bonds. The van der Waals surface area contributed by atoms with Crippen molar-refractivity contribution in [2.75, 3.05) is 6.54 Å². The zero-order chi connectivity index (χ0) is 13.1. The summed E-state index contributed by atoms with van der Waals surface area (Å²) in [4.78, 5) is 0. The van der Waals surface area contributed by atoms with Gasteiger partial charge in [-0.05, 0) is 64.6 Å². The first-order valence-electron chi connectivity index (χ1n) is 6.62. The fourth-order valence-corrected chi connectivity index (χ4v) is 2.11. The fraction of sp³-hybridized carbons (Fsp3) is 0.625. The minimum Gasteiger partial charge on any atom is -0.312 e. The molecule has 17 heavy (non-hydrogen) atoms. The Labute approximate surface area is 107 Å². The lowest BCUT2D eigenvalue weighted by atomic mass is 9.92. The Morgan fingerprint density at radius 2 is 1.82 bits per heavy atom. The molecule has 0 fully saturated rings. The van der Waals surface area contributed by atoms with Crippen LogP contribution in [0.4, 0.5) is 0 Å². The molecule has 0 saturated heterocycles. The minimum absolute atomic E-state index is 0.224. The van der Waals surface area contributed by atoms with Crippen molar-refractivity contribution < 1.29 is 0 Å². The number of rotatable bonds is 4. The van der Waals surface area contributed by atoms with Crippen molar-refractivity contribution >= 4 is 0 Å². The molecule has 0 aliphatic rings. The first kappa shape index (κ1) is 14.2. The monoisotopic (exact) mass is 233 g/mol. The molecule has 0 aliphatic heterocycles. The highest BCUT2D eigenvalue weighted by molar-refractivity contribution is 5.32. The molecule has 96 valence electrons. The van der Waals surface area contributed by atoms with Crippen LogP contribution in [0, 0.1) is 13.8 Å². The first-order chi connectivity index (χ1) is 7.79. The molecule has 1 rings (SSSR count). The van der Waals surface area contributed by atoms with Crippen LogP contribution in [0.15, 0.2) is 18.2 Å². The van der Waals surface area contributed by atoms with Gasteiger partial charge in [-0.25, -0.2) is 0 Å². The summed E-state index contributed by atoms with van der Waals surface area (Å²) in [7, 11) is 0. The Morgan fingerprint density at radius 1 is 1.18 bits per heavy atom. The van der Waals surface area contributed by atoms with E-state index in [1.807, 2.05) is 0 Å². The zero-order valence-electron chi connectivity index (χ0n) is 12.2. The molecule has 0 radical (unpaired) electrons. The van der Waals surface area contributed by atoms with Crippen LogP contribution >= 0.6 is 0 Å². The van der Waals surface area contributed by atoms with Crippen LogP contribution in [-0.4, -0.2) is 12.1 Å². The Balaban J connectivity index is 2.58. The molecule has 1 nitrogen and oxygen atoms in total. The summed E-state index contributed by atoms with van der Waals surface area (Å²) in [6.07, 6.45) is 1.20. The van der Waals surface area contributed by atoms with Gasteiger partial charge in [0.05, 0.1) is 0 Å². The summed E-state index contributed by atoms with van der Waals surface area (Å²) in [5.74, 6) is 0.629. The van der Waals surface area contributed by atoms with Crippen LogP contribution in [0.3, 0.4) is 0 Å². The van der Waals surface area contributed by atoms with Crippen LogP contribution < -0.4 is 5.32 Å². The van der Waals surface area contributed by atoms with Gasteiger partial charge in [0.1, 0.15) is 0 Å². The van der Waals surface area contributed by atoms with E-state index in [1.54, 1.807) is 0 Å². The second-order valence-electron chi connectivity index (χ2n) is 6.23. The third kappa shape index (κ3) is 4.91. The highest BCUT2D eigenvalue weighted by Crippen LogP contribution is 2.23. The first-order valence-corrected chi connectivity index (χ1v) is 6.62. The number of nitrogens with one attached hydrogen (secondary N) is 1. The smallest absolute Gasteiger partial charge is 0.00965 e. The Hall–Kier alpha value is -0.820. The van der Waals surface area contributed by atoms with E-state index in [9.17, 15) is 0 Å². The van der Waals surface area contributed by atoms with E-state index in [0.717, 1.165) is 6.54 Å². The molecule has 1 atom stereocenters. The maximum absolute atomic E-state index is 3.56. The van der Waals surface area contributed by atoms with Gasteiger partial charge < -0.3 is 5.32 Å². The quantitative estimate of drug-likeness (QED) is 0.822. The summed E-state index contributed by atoms with van der Waals surface area (Å²) in [5.41, 5.74) is 4.50. The predicted molar refractivity (Wildman–Crippen MR) is 76.7 cm³/mol. The molecule has 1 aromatic carbocycles. The normalized spacial score (nSPS) is 13.8. The molecule has 0 aromatic heterocycles. The van der Waals surface area contributed by atoms with Gasteiger partial charge in [-0.3, -0.25) is 0 Å². The van der Waals surface area contributed by atoms with Gasteiger partial charge in [-0.2, -0.15) is 0 Å². The minimum atomic E-state index is 0.224. The SMILES string of the molecule is Cc1ccc(C)c(C(C)CCNC(C)(C)C)c1. The molecule has 0 bridgehead atoms. The van der Waals surface area contributed by atoms with Crippen molar-refractivity contribution in [1.29, 1.82) is 0 Å². The van der Waals surface area contributed by atoms with E-state index in [-0.39, 0.29) is 5.54 Å². The van der Waals surface area contributed by atoms with E-state index < -0.39 is 0 Å². The lowest BCUT2D eigenvalue weighted by molar-refractivity contribution is 0.413. The van der Waals surface area contributed by atoms with Crippen LogP contribution in [-0.2, 0) is 0 Å². The number of benzene rings is 1. The average molecular weight is 233 g/mol. The molecule has 0 saturated carbocycles. The van der Waals surface area contributed by atoms with Crippen molar-refractivity contribution in [3.05, 3.63) is 34.9 Å². The molecule has 1 heteroatoms. The molecule has 1 unspecified atom stereocenters. The molecular weight excluding hydrogens is 206 g/mol. The van der Waals surface area contributed by atoms with Gasteiger partial charge in [-0.15, -0.1) is 0 Å². The van der Waals surface area contributed by atoms with Gasteiger partial charge in [0.25, 0.3) is 0 Å². The Morgan fingerprint density at radius 3 is 2.41 bits per heavy atom. The number of aryl methyl sites for hydroxylation is 2. The fourth-order valence-electron chi connectivity index (χ4n) is 2.11. The second-order valence-corrected chi connectivity index (χ2v) is 6.23. The van der Waals surface area contributed by atoms with Gasteiger partial charge in [0, 0.05) is 5.54 Å². The number of hydrogen-bond donors (Lipinski definition) is 1. The molecule has 1 aromatic rings. The van der Waals surface area contributed by atoms with Crippen molar-refractivity contribution in [1.82, 2.24) is 5.32 Å². The van der Waals surface area contributed by atoms with Crippen molar-refractivity contribution in [3.63, 3.8) is 0 Å². The summed E-state index contributed by atoms with van der Waals surface area (Å²) in [6, 6.07) is 6.76. The van der Waals surface area contributed by atoms with Crippen molar-refractivity contribution in [2.45, 2.75) is 59.4 Å². The van der Waals surface area contributed by atoms with E-state index in [4.69, 9.17) is 0 Å². The van der Waals surface area contributed by atoms with Gasteiger partial charge in [0.15, 0.2) is 0 Å². The predicted octanol–water partition coefficient (Wildman–Crippen LogP) is 4.19. The van der Waals surface area contributed by atoms with Gasteiger partial charge in [-0.1, -0.05) is 30.7 Å². The standard InChI is InChI=1S/C16H27N/c1-12-7-8-13(2)15(11-12)14(3)9-10-17-16(4,5)6/h7-8,11,14,17H,9-10H2,1-6H3. The molecule has 0 spiro atoms. The van der Waals surface area contributed by atoms with Gasteiger partial charge in [0.2, 0.25) is 0 Å². The summed E-state index contributed by atoms with van der Waals surface area (Å²) >= 11 is 0. The van der Waals surface area contributed by atoms with E-state index in [0.29, 0.717) is 5.92 Å². The van der Waals surface area contributed by atoms with E-state index in [2.05, 4.69) is 65.1 Å². The maximum atomic E-state index is 3.56. The summed E-state index contributed by atoms with van der Waals surface area (Å²) < 4.78 is 0. The van der Waals surface area contributed by atoms with Crippen molar-refractivity contribution in [3.8, 4) is 0 Å². The van der Waals surface area contributed by atoms with E-state index in [1.165, 1.54) is 23.1 Å². The topological polar surface area (TPSA) is 12.0 Å². The molecule has 0 heterocycles. The summed E-state index contributed by atoms with van der Waals surface area (Å²) in [5, 5.41) is 3.56. The van der Waals surface area contributed by atoms with Gasteiger partial charge >= 0.3 is 0 Å². The molecule has 0 aliphatic carbocycles. The molecule has 1 N–H and O–H groups in total. The molecular formula is C16H27N. The van der Waals surface area contributed by atoms with Crippen LogP contribution in [0.25, 0.3) is 0 Å². The Bertz CT molecular complexity index is 360. The highest BCUT2D eigenvalue weighted by Gasteiger charge is 2.12. The average Bonchev–Trinajstić information content (AvgIpc) is 2.19. The maximum Gasteiger partial charge on any atom is 0.00965 e. The van der Waals surface area contributed by atoms with E-state index >= 15 is 0 Å². The lowest BCUT2D eigenvalue weighted by Gasteiger charge is -2.22. The third-order valence-corrected chi connectivity index (χ3v) is 3.20. The number of hydrogen-bond acceptors (Lipinski definition) is 1. The second kappa shape index (κ2) is 5.68. The van der Waals surface area contributed by atoms with Crippen LogP contribution in [0.5, 0.6) is 0 Å². The van der Waals surface area contributed by atoms with Crippen LogP contribution in [0.1, 0.15) is 56.7 Å². The van der Waals surface area contributed by atoms with Crippen molar-refractivity contribution in [2.24, 2.45) is 0 Å². The summed E-state index contributed by atoms with van der Waals surface area (Å²) in [6.45, 7) is 14.4. The zero-order valence-corrected chi connectivity index (χ0v) is 12.2. The largest absolute Gasteiger partial charge is 0.312 e. The van der Waals surface area contributed by atoms with Crippen LogP contribution in [0.2, 0.25) is 0 Å². The lowest BCUT2D eigenvalue weighted by Crippen LogP contribution is -2.36.